The second kappa shape index (κ2) is 3.20. The van der Waals surface area contributed by atoms with E-state index in [4.69, 9.17) is 12.2 Å². The van der Waals surface area contributed by atoms with E-state index in [9.17, 15) is 0 Å². The first-order valence-electron chi connectivity index (χ1n) is 3.03. The van der Waals surface area contributed by atoms with Gasteiger partial charge in [0, 0.05) is 0 Å². The minimum Gasteiger partial charge on any atom is -0.331 e. The van der Waals surface area contributed by atoms with Crippen molar-refractivity contribution in [2.75, 3.05) is 0 Å². The average Bonchev–Trinajstić information content (AvgIpc) is 2.27. The quantitative estimate of drug-likeness (QED) is 0.505. The number of aromatic nitrogens is 2. The van der Waals surface area contributed by atoms with E-state index in [2.05, 4.69) is 9.97 Å². The largest absolute Gasteiger partial charge is 2.00 e. The summed E-state index contributed by atoms with van der Waals surface area (Å²) >= 11 is 4.90. The molecule has 0 bridgehead atoms. The van der Waals surface area contributed by atoms with E-state index in [0.717, 1.165) is 11.0 Å². The third-order valence-corrected chi connectivity index (χ3v) is 1.63. The van der Waals surface area contributed by atoms with Gasteiger partial charge in [-0.2, -0.15) is 0 Å². The number of fused-ring (bicyclic) bond motifs is 1. The molecule has 2 nitrogen and oxygen atoms in total. The van der Waals surface area contributed by atoms with Gasteiger partial charge < -0.3 is 9.97 Å². The Morgan fingerprint density at radius 2 is 1.45 bits per heavy atom. The predicted molar refractivity (Wildman–Crippen MR) is 43.5 cm³/mol. The van der Waals surface area contributed by atoms with Crippen LogP contribution in [0.1, 0.15) is 0 Å². The Morgan fingerprint density at radius 1 is 1.00 bits per heavy atom. The van der Waals surface area contributed by atoms with Crippen molar-refractivity contribution < 1.29 is 16.5 Å². The Morgan fingerprint density at radius 3 is 1.91 bits per heavy atom. The monoisotopic (exact) mass is 208 g/mol. The maximum absolute atomic E-state index is 4.90. The molecule has 2 N–H and O–H groups in total. The van der Waals surface area contributed by atoms with Crippen LogP contribution in [0, 0.1) is 4.77 Å². The molecular formula is C7H6N2NiS+2. The summed E-state index contributed by atoms with van der Waals surface area (Å²) in [4.78, 5) is 6.04. The molecule has 0 saturated heterocycles. The number of rotatable bonds is 0. The molecule has 0 unspecified atom stereocenters. The molecule has 1 heterocycles. The molecule has 4 heteroatoms. The van der Waals surface area contributed by atoms with Crippen molar-refractivity contribution in [3.05, 3.63) is 29.0 Å². The zero-order chi connectivity index (χ0) is 6.97. The van der Waals surface area contributed by atoms with Crippen LogP contribution in [0.15, 0.2) is 24.3 Å². The van der Waals surface area contributed by atoms with Crippen LogP contribution in [0.5, 0.6) is 0 Å². The number of hydrogen-bond acceptors (Lipinski definition) is 1. The van der Waals surface area contributed by atoms with E-state index >= 15 is 0 Å². The van der Waals surface area contributed by atoms with Gasteiger partial charge in [-0.3, -0.25) is 0 Å². The van der Waals surface area contributed by atoms with E-state index in [-0.39, 0.29) is 16.5 Å². The Labute approximate surface area is 78.9 Å². The zero-order valence-electron chi connectivity index (χ0n) is 5.53. The SMILES string of the molecule is S=c1[nH]c2ccccc2[nH]1.[Ni+2]. The molecule has 0 aliphatic heterocycles. The van der Waals surface area contributed by atoms with E-state index in [1.165, 1.54) is 0 Å². The number of benzene rings is 1. The van der Waals surface area contributed by atoms with Gasteiger partial charge in [-0.15, -0.1) is 0 Å². The van der Waals surface area contributed by atoms with Crippen LogP contribution in [-0.4, -0.2) is 9.97 Å². The summed E-state index contributed by atoms with van der Waals surface area (Å²) in [6, 6.07) is 7.92. The van der Waals surface area contributed by atoms with Gasteiger partial charge in [-0.1, -0.05) is 12.1 Å². The van der Waals surface area contributed by atoms with Crippen LogP contribution < -0.4 is 0 Å². The van der Waals surface area contributed by atoms with Crippen molar-refractivity contribution in [2.45, 2.75) is 0 Å². The maximum Gasteiger partial charge on any atom is 2.00 e. The van der Waals surface area contributed by atoms with Crippen LogP contribution in [0.25, 0.3) is 11.0 Å². The van der Waals surface area contributed by atoms with E-state index < -0.39 is 0 Å². The summed E-state index contributed by atoms with van der Waals surface area (Å²) in [7, 11) is 0. The second-order valence-electron chi connectivity index (χ2n) is 2.12. The van der Waals surface area contributed by atoms with Crippen molar-refractivity contribution in [1.82, 2.24) is 9.97 Å². The first kappa shape index (κ1) is 8.50. The van der Waals surface area contributed by atoms with Crippen LogP contribution in [0.3, 0.4) is 0 Å². The topological polar surface area (TPSA) is 31.6 Å². The normalized spacial score (nSPS) is 9.45. The molecule has 1 aromatic carbocycles. The minimum atomic E-state index is 0. The number of para-hydroxylation sites is 2. The summed E-state index contributed by atoms with van der Waals surface area (Å²) in [5.74, 6) is 0. The zero-order valence-corrected chi connectivity index (χ0v) is 7.34. The molecule has 0 atom stereocenters. The fourth-order valence-electron chi connectivity index (χ4n) is 0.977. The number of imidazole rings is 1. The van der Waals surface area contributed by atoms with Crippen LogP contribution in [-0.2, 0) is 16.5 Å². The fraction of sp³-hybridized carbons (Fsp3) is 0. The van der Waals surface area contributed by atoms with Crippen LogP contribution in [0.2, 0.25) is 0 Å². The van der Waals surface area contributed by atoms with Crippen LogP contribution in [0.4, 0.5) is 0 Å². The Bertz CT molecular complexity index is 368. The summed E-state index contributed by atoms with van der Waals surface area (Å²) in [6.07, 6.45) is 0. The van der Waals surface area contributed by atoms with Gasteiger partial charge in [0.15, 0.2) is 4.77 Å². The van der Waals surface area contributed by atoms with E-state index in [0.29, 0.717) is 4.77 Å². The fourth-order valence-corrected chi connectivity index (χ4v) is 1.20. The smallest absolute Gasteiger partial charge is 0.331 e. The van der Waals surface area contributed by atoms with Gasteiger partial charge in [0.1, 0.15) is 0 Å². The van der Waals surface area contributed by atoms with Crippen molar-refractivity contribution in [3.8, 4) is 0 Å². The molecular weight excluding hydrogens is 203 g/mol. The van der Waals surface area contributed by atoms with Gasteiger partial charge in [-0.05, 0) is 24.4 Å². The number of nitrogens with one attached hydrogen (secondary N) is 2. The minimum absolute atomic E-state index is 0. The molecule has 0 amide bonds. The van der Waals surface area contributed by atoms with E-state index in [1.54, 1.807) is 0 Å². The maximum atomic E-state index is 4.90. The summed E-state index contributed by atoms with van der Waals surface area (Å²) in [6.45, 7) is 0. The first-order valence-corrected chi connectivity index (χ1v) is 3.44. The summed E-state index contributed by atoms with van der Waals surface area (Å²) < 4.78 is 0.682. The van der Waals surface area contributed by atoms with Crippen molar-refractivity contribution >= 4 is 23.3 Å². The molecule has 0 spiro atoms. The number of aromatic amines is 2. The molecule has 58 valence electrons. The predicted octanol–water partition coefficient (Wildman–Crippen LogP) is 2.22. The molecule has 2 aromatic rings. The number of hydrogen-bond donors (Lipinski definition) is 2. The first-order chi connectivity index (χ1) is 4.86. The van der Waals surface area contributed by atoms with Crippen LogP contribution >= 0.6 is 12.2 Å². The van der Waals surface area contributed by atoms with Gasteiger partial charge >= 0.3 is 16.5 Å². The Balaban J connectivity index is 0.000000605. The molecule has 0 aliphatic carbocycles. The standard InChI is InChI=1S/C7H6N2S.Ni/c10-7-8-5-3-1-2-4-6(5)9-7;/h1-4H,(H2,8,9,10);/q;+2. The van der Waals surface area contributed by atoms with Crippen molar-refractivity contribution in [3.63, 3.8) is 0 Å². The molecule has 0 aliphatic rings. The average molecular weight is 209 g/mol. The molecule has 0 fully saturated rings. The summed E-state index contributed by atoms with van der Waals surface area (Å²) in [5.41, 5.74) is 2.13. The number of H-pyrrole nitrogens is 2. The molecule has 0 radical (unpaired) electrons. The molecule has 2 rings (SSSR count). The van der Waals surface area contributed by atoms with Crippen molar-refractivity contribution in [1.29, 1.82) is 0 Å². The molecule has 11 heavy (non-hydrogen) atoms. The second-order valence-corrected chi connectivity index (χ2v) is 2.53. The summed E-state index contributed by atoms with van der Waals surface area (Å²) in [5, 5.41) is 0. The van der Waals surface area contributed by atoms with Crippen molar-refractivity contribution in [2.24, 2.45) is 0 Å². The van der Waals surface area contributed by atoms with Gasteiger partial charge in [0.25, 0.3) is 0 Å². The van der Waals surface area contributed by atoms with Gasteiger partial charge in [0.2, 0.25) is 0 Å². The molecule has 0 saturated carbocycles. The third kappa shape index (κ3) is 1.52. The Kier molecular flexibility index (Phi) is 2.47. The van der Waals surface area contributed by atoms with Gasteiger partial charge in [0.05, 0.1) is 11.0 Å². The Hall–Kier alpha value is -0.596. The third-order valence-electron chi connectivity index (χ3n) is 1.42. The van der Waals surface area contributed by atoms with E-state index in [1.807, 2.05) is 24.3 Å². The molecule has 1 aromatic heterocycles. The van der Waals surface area contributed by atoms with Gasteiger partial charge in [-0.25, -0.2) is 0 Å².